The van der Waals surface area contributed by atoms with Gasteiger partial charge in [0.2, 0.25) is 10.0 Å². The van der Waals surface area contributed by atoms with Gasteiger partial charge in [-0.2, -0.15) is 4.31 Å². The van der Waals surface area contributed by atoms with Crippen molar-refractivity contribution < 1.29 is 31.9 Å². The number of hydrogen-bond donors (Lipinski definition) is 1. The molecule has 2 aromatic carbocycles. The molecule has 0 bridgehead atoms. The molecule has 0 aliphatic carbocycles. The zero-order valence-corrected chi connectivity index (χ0v) is 19.0. The molecule has 2 aliphatic rings. The largest absolute Gasteiger partial charge is 0.484 e. The summed E-state index contributed by atoms with van der Waals surface area (Å²) in [5.41, 5.74) is 0.921. The van der Waals surface area contributed by atoms with E-state index in [4.69, 9.17) is 9.47 Å². The van der Waals surface area contributed by atoms with Crippen molar-refractivity contribution in [3.8, 4) is 11.5 Å². The monoisotopic (exact) mass is 477 g/mol. The Kier molecular flexibility index (Phi) is 6.26. The first-order chi connectivity index (χ1) is 15.6. The summed E-state index contributed by atoms with van der Waals surface area (Å²) < 4.78 is 51.8. The molecule has 0 unspecified atom stereocenters. The quantitative estimate of drug-likeness (QED) is 0.704. The van der Waals surface area contributed by atoms with E-state index >= 15 is 0 Å². The molecule has 33 heavy (non-hydrogen) atoms. The molecule has 2 heterocycles. The van der Waals surface area contributed by atoms with Crippen LogP contribution in [0, 0.1) is 12.7 Å². The van der Waals surface area contributed by atoms with E-state index in [0.717, 1.165) is 0 Å². The van der Waals surface area contributed by atoms with Crippen molar-refractivity contribution in [2.24, 2.45) is 0 Å². The van der Waals surface area contributed by atoms with Crippen molar-refractivity contribution in [3.05, 3.63) is 47.8 Å². The number of nitrogens with zero attached hydrogens (tertiary/aromatic N) is 2. The van der Waals surface area contributed by atoms with Gasteiger partial charge in [0.25, 0.3) is 11.8 Å². The molecule has 11 heteroatoms. The predicted molar refractivity (Wildman–Crippen MR) is 117 cm³/mol. The number of anilines is 1. The highest BCUT2D eigenvalue weighted by Gasteiger charge is 2.33. The van der Waals surface area contributed by atoms with Crippen LogP contribution < -0.4 is 14.8 Å². The van der Waals surface area contributed by atoms with Gasteiger partial charge in [-0.25, -0.2) is 12.8 Å². The van der Waals surface area contributed by atoms with Gasteiger partial charge in [-0.3, -0.25) is 9.59 Å². The molecule has 0 radical (unpaired) electrons. The molecular weight excluding hydrogens is 453 g/mol. The van der Waals surface area contributed by atoms with E-state index in [1.54, 1.807) is 19.9 Å². The Morgan fingerprint density at radius 1 is 1.18 bits per heavy atom. The summed E-state index contributed by atoms with van der Waals surface area (Å²) in [4.78, 5) is 25.9. The minimum atomic E-state index is -3.83. The van der Waals surface area contributed by atoms with Gasteiger partial charge in [-0.05, 0) is 49.7 Å². The number of fused-ring (bicyclic) bond motifs is 1. The summed E-state index contributed by atoms with van der Waals surface area (Å²) >= 11 is 0. The first-order valence-corrected chi connectivity index (χ1v) is 11.9. The molecule has 0 spiro atoms. The maximum Gasteiger partial charge on any atom is 0.265 e. The summed E-state index contributed by atoms with van der Waals surface area (Å²) in [5, 5.41) is 2.71. The number of piperazine rings is 1. The minimum absolute atomic E-state index is 0.101. The first kappa shape index (κ1) is 23.0. The Morgan fingerprint density at radius 2 is 1.85 bits per heavy atom. The average molecular weight is 478 g/mol. The molecule has 4 rings (SSSR count). The third-order valence-electron chi connectivity index (χ3n) is 5.59. The maximum absolute atomic E-state index is 13.3. The normalized spacial score (nSPS) is 18.8. The Labute approximate surface area is 191 Å². The van der Waals surface area contributed by atoms with Crippen LogP contribution in [0.15, 0.2) is 41.3 Å². The minimum Gasteiger partial charge on any atom is -0.484 e. The summed E-state index contributed by atoms with van der Waals surface area (Å²) in [6.07, 6.45) is -0.720. The molecule has 9 nitrogen and oxygen atoms in total. The number of carbonyl (C=O) groups is 2. The van der Waals surface area contributed by atoms with E-state index in [2.05, 4.69) is 5.32 Å². The number of ether oxygens (including phenoxy) is 2. The third kappa shape index (κ3) is 4.79. The number of rotatable bonds is 5. The number of carbonyl (C=O) groups excluding carboxylic acids is 2. The van der Waals surface area contributed by atoms with Gasteiger partial charge in [0, 0.05) is 32.2 Å². The smallest absolute Gasteiger partial charge is 0.265 e. The van der Waals surface area contributed by atoms with Crippen LogP contribution in [0.1, 0.15) is 12.5 Å². The number of hydrogen-bond acceptors (Lipinski definition) is 6. The fourth-order valence-corrected chi connectivity index (χ4v) is 5.35. The van der Waals surface area contributed by atoms with E-state index in [0.29, 0.717) is 22.7 Å². The Hall–Kier alpha value is -3.18. The molecule has 1 saturated heterocycles. The van der Waals surface area contributed by atoms with Gasteiger partial charge in [0.05, 0.1) is 10.6 Å². The average Bonchev–Trinajstić information content (AvgIpc) is 2.79. The van der Waals surface area contributed by atoms with Crippen molar-refractivity contribution in [2.75, 3.05) is 38.1 Å². The molecule has 1 fully saturated rings. The van der Waals surface area contributed by atoms with Crippen LogP contribution in [0.2, 0.25) is 0 Å². The summed E-state index contributed by atoms with van der Waals surface area (Å²) in [5.74, 6) is -0.285. The van der Waals surface area contributed by atoms with Gasteiger partial charge < -0.3 is 19.7 Å². The van der Waals surface area contributed by atoms with Crippen molar-refractivity contribution in [2.45, 2.75) is 24.8 Å². The van der Waals surface area contributed by atoms with Crippen molar-refractivity contribution in [1.29, 1.82) is 0 Å². The molecule has 1 N–H and O–H groups in total. The van der Waals surface area contributed by atoms with E-state index in [1.807, 2.05) is 0 Å². The summed E-state index contributed by atoms with van der Waals surface area (Å²) in [7, 11) is -3.83. The van der Waals surface area contributed by atoms with Crippen LogP contribution >= 0.6 is 0 Å². The van der Waals surface area contributed by atoms with Crippen molar-refractivity contribution >= 4 is 27.5 Å². The lowest BCUT2D eigenvalue weighted by atomic mass is 10.1. The molecular formula is C22H24FN3O6S. The molecule has 0 aromatic heterocycles. The second kappa shape index (κ2) is 8.99. The van der Waals surface area contributed by atoms with Gasteiger partial charge in [-0.1, -0.05) is 0 Å². The number of nitrogens with one attached hydrogen (secondary N) is 1. The third-order valence-corrected chi connectivity index (χ3v) is 7.63. The lowest BCUT2D eigenvalue weighted by molar-refractivity contribution is -0.134. The van der Waals surface area contributed by atoms with Crippen LogP contribution in [0.5, 0.6) is 11.5 Å². The molecule has 2 aliphatic heterocycles. The van der Waals surface area contributed by atoms with Gasteiger partial charge in [-0.15, -0.1) is 0 Å². The van der Waals surface area contributed by atoms with E-state index < -0.39 is 21.9 Å². The Balaban J connectivity index is 1.40. The lowest BCUT2D eigenvalue weighted by Crippen LogP contribution is -2.51. The van der Waals surface area contributed by atoms with E-state index in [9.17, 15) is 22.4 Å². The second-order valence-corrected chi connectivity index (χ2v) is 9.80. The maximum atomic E-state index is 13.3. The standard InChI is InChI=1S/C22H24FN3O6S/c1-14-11-18-19(32-15(2)22(28)24-18)12-20(14)33(29,30)26-9-7-25(8-10-26)21(27)13-31-17-5-3-16(23)4-6-17/h3-6,11-12,15H,7-10,13H2,1-2H3,(H,24,28)/t15-/m1/s1. The number of benzene rings is 2. The van der Waals surface area contributed by atoms with Gasteiger partial charge in [0.15, 0.2) is 12.7 Å². The Bertz CT molecular complexity index is 1180. The predicted octanol–water partition coefficient (Wildman–Crippen LogP) is 1.77. The SMILES string of the molecule is Cc1cc2c(cc1S(=O)(=O)N1CCN(C(=O)COc3ccc(F)cc3)CC1)O[C@H](C)C(=O)N2. The highest BCUT2D eigenvalue weighted by atomic mass is 32.2. The second-order valence-electron chi connectivity index (χ2n) is 7.89. The van der Waals surface area contributed by atoms with Crippen LogP contribution in [0.25, 0.3) is 0 Å². The molecule has 1 atom stereocenters. The molecule has 0 saturated carbocycles. The highest BCUT2D eigenvalue weighted by molar-refractivity contribution is 7.89. The zero-order chi connectivity index (χ0) is 23.8. The van der Waals surface area contributed by atoms with Crippen molar-refractivity contribution in [1.82, 2.24) is 9.21 Å². The highest BCUT2D eigenvalue weighted by Crippen LogP contribution is 2.35. The molecule has 2 amide bonds. The summed E-state index contributed by atoms with van der Waals surface area (Å²) in [6, 6.07) is 8.37. The lowest BCUT2D eigenvalue weighted by Gasteiger charge is -2.34. The zero-order valence-electron chi connectivity index (χ0n) is 18.2. The van der Waals surface area contributed by atoms with Crippen LogP contribution in [-0.4, -0.2) is 68.3 Å². The summed E-state index contributed by atoms with van der Waals surface area (Å²) in [6.45, 7) is 3.73. The van der Waals surface area contributed by atoms with E-state index in [1.165, 1.54) is 39.5 Å². The molecule has 176 valence electrons. The van der Waals surface area contributed by atoms with Crippen LogP contribution in [0.3, 0.4) is 0 Å². The Morgan fingerprint density at radius 3 is 2.52 bits per heavy atom. The van der Waals surface area contributed by atoms with Crippen molar-refractivity contribution in [3.63, 3.8) is 0 Å². The fourth-order valence-electron chi connectivity index (χ4n) is 3.70. The number of amides is 2. The fraction of sp³-hybridized carbons (Fsp3) is 0.364. The van der Waals surface area contributed by atoms with Crippen LogP contribution in [-0.2, 0) is 19.6 Å². The van der Waals surface area contributed by atoms with Crippen LogP contribution in [0.4, 0.5) is 10.1 Å². The number of halogens is 1. The topological polar surface area (TPSA) is 105 Å². The van der Waals surface area contributed by atoms with Gasteiger partial charge >= 0.3 is 0 Å². The number of sulfonamides is 1. The van der Waals surface area contributed by atoms with E-state index in [-0.39, 0.29) is 49.5 Å². The number of aryl methyl sites for hydroxylation is 1. The molecule has 2 aromatic rings. The van der Waals surface area contributed by atoms with Gasteiger partial charge in [0.1, 0.15) is 17.3 Å². The first-order valence-electron chi connectivity index (χ1n) is 10.4.